The van der Waals surface area contributed by atoms with Crippen molar-refractivity contribution in [2.45, 2.75) is 54.4 Å². The molecule has 20 heteroatoms. The maximum Gasteiger partial charge on any atom is 0.404 e. The number of rotatable bonds is 17. The quantitative estimate of drug-likeness (QED) is 0.0895. The summed E-state index contributed by atoms with van der Waals surface area (Å²) in [4.78, 5) is 19.1. The van der Waals surface area contributed by atoms with Gasteiger partial charge in [-0.25, -0.2) is 31.3 Å². The van der Waals surface area contributed by atoms with Crippen molar-refractivity contribution in [2.24, 2.45) is 0 Å². The van der Waals surface area contributed by atoms with E-state index in [-0.39, 0.29) is 49.4 Å². The molecule has 1 amide bonds. The van der Waals surface area contributed by atoms with E-state index in [1.54, 1.807) is 79.9 Å². The summed E-state index contributed by atoms with van der Waals surface area (Å²) in [6, 6.07) is 27.9. The third-order valence-corrected chi connectivity index (χ3v) is 14.3. The molecule has 1 aliphatic carbocycles. The fraction of sp³-hybridized carbons (Fsp3) is 0.233. The number of imidazole rings is 1. The molecule has 7 aromatic rings. The van der Waals surface area contributed by atoms with Crippen LogP contribution >= 0.6 is 0 Å². The van der Waals surface area contributed by atoms with Crippen molar-refractivity contribution in [3.8, 4) is 39.8 Å². The Hall–Kier alpha value is -6.87. The number of fused-ring (bicyclic) bond motifs is 1. The second-order valence-corrected chi connectivity index (χ2v) is 18.4. The second kappa shape index (κ2) is 17.8. The molecule has 0 radical (unpaired) electrons. The van der Waals surface area contributed by atoms with Gasteiger partial charge in [-0.05, 0) is 88.8 Å². The van der Waals surface area contributed by atoms with E-state index in [0.717, 1.165) is 5.56 Å². The molecule has 1 aliphatic rings. The fourth-order valence-electron chi connectivity index (χ4n) is 7.48. The second-order valence-electron chi connectivity index (χ2n) is 14.8. The van der Waals surface area contributed by atoms with Gasteiger partial charge in [0.25, 0.3) is 0 Å². The van der Waals surface area contributed by atoms with Crippen molar-refractivity contribution in [1.29, 1.82) is 0 Å². The average molecular weight is 894 g/mol. The van der Waals surface area contributed by atoms with E-state index in [0.29, 0.717) is 45.0 Å². The van der Waals surface area contributed by atoms with E-state index in [1.807, 2.05) is 18.2 Å². The summed E-state index contributed by atoms with van der Waals surface area (Å²) >= 11 is 0. The molecule has 0 bridgehead atoms. The van der Waals surface area contributed by atoms with E-state index in [4.69, 9.17) is 19.3 Å². The maximum atomic E-state index is 15.9. The number of amides is 1. The van der Waals surface area contributed by atoms with Gasteiger partial charge in [-0.3, -0.25) is 0 Å². The van der Waals surface area contributed by atoms with Gasteiger partial charge in [0.2, 0.25) is 25.9 Å². The molecule has 0 spiro atoms. The molecule has 326 valence electrons. The molecule has 2 aromatic heterocycles. The van der Waals surface area contributed by atoms with Gasteiger partial charge in [0, 0.05) is 30.7 Å². The van der Waals surface area contributed by atoms with Gasteiger partial charge in [-0.15, -0.1) is 10.2 Å². The van der Waals surface area contributed by atoms with E-state index in [9.17, 15) is 18.3 Å². The lowest BCUT2D eigenvalue weighted by molar-refractivity contribution is 0.176. The number of hydrogen-bond acceptors (Lipinski definition) is 12. The smallest absolute Gasteiger partial charge is 0.404 e. The van der Waals surface area contributed by atoms with E-state index < -0.39 is 48.0 Å². The fourth-order valence-corrected chi connectivity index (χ4v) is 11.2. The van der Waals surface area contributed by atoms with Gasteiger partial charge in [0.1, 0.15) is 27.0 Å². The molecule has 0 saturated heterocycles. The van der Waals surface area contributed by atoms with Crippen molar-refractivity contribution in [2.75, 3.05) is 21.3 Å². The van der Waals surface area contributed by atoms with E-state index in [2.05, 4.69) is 30.3 Å². The summed E-state index contributed by atoms with van der Waals surface area (Å²) in [5.74, 6) is 1.61. The predicted molar refractivity (Wildman–Crippen MR) is 231 cm³/mol. The highest BCUT2D eigenvalue weighted by Crippen LogP contribution is 2.43. The number of carbonyl (C=O) groups is 1. The number of aromatic nitrogens is 6. The standard InChI is InChI=1S/C43H43N9O9S2/c1-59-32-13-7-27(8-14-32)23-51(24-28-9-15-33(60-2)16-10-28)63(57,58)41-38(62(55,56)49-31-21-30(22-31)46-43(53)54)20-19-35(36-5-4-6-37-40(36)45-26-44-37)39(41)42-47-50-52(48-42)25-29-11-17-34(61-3)18-12-29/h4-20,26,30-31,46,49H,21-25H2,1-3H3,(H,44,45)(H,53,54). The van der Waals surface area contributed by atoms with Crippen LogP contribution in [0.2, 0.25) is 0 Å². The van der Waals surface area contributed by atoms with Crippen LogP contribution in [0.4, 0.5) is 4.79 Å². The van der Waals surface area contributed by atoms with Crippen LogP contribution in [0, 0.1) is 0 Å². The Kier molecular flexibility index (Phi) is 12.1. The Labute approximate surface area is 362 Å². The van der Waals surface area contributed by atoms with Crippen LogP contribution in [-0.2, 0) is 39.7 Å². The van der Waals surface area contributed by atoms with E-state index in [1.165, 1.54) is 41.8 Å². The van der Waals surface area contributed by atoms with Gasteiger partial charge in [-0.2, -0.15) is 9.10 Å². The molecule has 1 fully saturated rings. The molecule has 4 N–H and O–H groups in total. The summed E-state index contributed by atoms with van der Waals surface area (Å²) < 4.78 is 81.3. The van der Waals surface area contributed by atoms with Gasteiger partial charge >= 0.3 is 6.09 Å². The third kappa shape index (κ3) is 9.19. The number of ether oxygens (including phenoxy) is 3. The normalized spacial score (nSPS) is 15.2. The van der Waals surface area contributed by atoms with Crippen molar-refractivity contribution in [3.63, 3.8) is 0 Å². The molecular formula is C43H43N9O9S2. The van der Waals surface area contributed by atoms with Crippen LogP contribution in [0.5, 0.6) is 17.2 Å². The number of sulfonamides is 2. The zero-order chi connectivity index (χ0) is 44.3. The number of nitrogens with zero attached hydrogens (tertiary/aromatic N) is 6. The molecule has 2 heterocycles. The number of hydrogen-bond donors (Lipinski definition) is 4. The SMILES string of the molecule is COc1ccc(CN(Cc2ccc(OC)cc2)S(=O)(=O)c2c(S(=O)(=O)NC3CC(NC(=O)O)C3)ccc(-c3cccc4[nH]cnc34)c2-c2nnn(Cc3ccc(OC)cc3)n2)cc1. The number of carboxylic acid groups (broad SMARTS) is 1. The molecule has 0 aliphatic heterocycles. The molecule has 0 unspecified atom stereocenters. The first-order chi connectivity index (χ1) is 30.3. The Morgan fingerprint density at radius 2 is 1.37 bits per heavy atom. The highest BCUT2D eigenvalue weighted by atomic mass is 32.2. The Balaban J connectivity index is 1.35. The van der Waals surface area contributed by atoms with Crippen LogP contribution in [-0.4, -0.2) is 95.9 Å². The minimum Gasteiger partial charge on any atom is -0.497 e. The highest BCUT2D eigenvalue weighted by molar-refractivity contribution is 7.92. The van der Waals surface area contributed by atoms with Crippen LogP contribution in [0.1, 0.15) is 29.5 Å². The van der Waals surface area contributed by atoms with Crippen molar-refractivity contribution in [3.05, 3.63) is 126 Å². The highest BCUT2D eigenvalue weighted by Gasteiger charge is 2.40. The maximum absolute atomic E-state index is 15.9. The summed E-state index contributed by atoms with van der Waals surface area (Å²) in [6.45, 7) is -0.240. The van der Waals surface area contributed by atoms with Gasteiger partial charge in [-0.1, -0.05) is 54.6 Å². The van der Waals surface area contributed by atoms with E-state index >= 15 is 8.42 Å². The van der Waals surface area contributed by atoms with Gasteiger partial charge in [0.05, 0.1) is 50.8 Å². The van der Waals surface area contributed by atoms with Gasteiger partial charge < -0.3 is 29.6 Å². The molecule has 63 heavy (non-hydrogen) atoms. The topological polar surface area (TPSA) is 233 Å². The minimum absolute atomic E-state index is 0.122. The van der Waals surface area contributed by atoms with Crippen LogP contribution in [0.15, 0.2) is 119 Å². The zero-order valence-electron chi connectivity index (χ0n) is 34.3. The zero-order valence-corrected chi connectivity index (χ0v) is 35.9. The van der Waals surface area contributed by atoms with Crippen LogP contribution in [0.3, 0.4) is 0 Å². The monoisotopic (exact) mass is 893 g/mol. The summed E-state index contributed by atoms with van der Waals surface area (Å²) in [5.41, 5.74) is 3.72. The summed E-state index contributed by atoms with van der Waals surface area (Å²) in [7, 11) is -4.96. The first-order valence-corrected chi connectivity index (χ1v) is 22.6. The van der Waals surface area contributed by atoms with Crippen LogP contribution in [0.25, 0.3) is 33.5 Å². The Morgan fingerprint density at radius 3 is 1.94 bits per heavy atom. The lowest BCUT2D eigenvalue weighted by atomic mass is 9.88. The largest absolute Gasteiger partial charge is 0.497 e. The van der Waals surface area contributed by atoms with Gasteiger partial charge in [0.15, 0.2) is 0 Å². The number of methoxy groups -OCH3 is 3. The Morgan fingerprint density at radius 1 is 0.778 bits per heavy atom. The van der Waals surface area contributed by atoms with Crippen molar-refractivity contribution < 1.29 is 40.9 Å². The van der Waals surface area contributed by atoms with Crippen molar-refractivity contribution in [1.82, 2.24) is 44.5 Å². The summed E-state index contributed by atoms with van der Waals surface area (Å²) in [6.07, 6.45) is 0.585. The molecule has 5 aromatic carbocycles. The lowest BCUT2D eigenvalue weighted by Gasteiger charge is -2.35. The molecule has 1 saturated carbocycles. The molecule has 18 nitrogen and oxygen atoms in total. The predicted octanol–water partition coefficient (Wildman–Crippen LogP) is 5.43. The summed E-state index contributed by atoms with van der Waals surface area (Å²) in [5, 5.41) is 25.0. The number of H-pyrrole nitrogens is 1. The number of aromatic amines is 1. The number of para-hydroxylation sites is 1. The molecule has 0 atom stereocenters. The minimum atomic E-state index is -4.90. The number of nitrogens with one attached hydrogen (secondary N) is 3. The molecular weight excluding hydrogens is 851 g/mol. The number of benzene rings is 5. The first kappa shape index (κ1) is 42.8. The Bertz CT molecular complexity index is 2920. The average Bonchev–Trinajstić information content (AvgIpc) is 3.96. The molecule has 8 rings (SSSR count). The number of tetrazole rings is 1. The van der Waals surface area contributed by atoms with Crippen LogP contribution < -0.4 is 24.2 Å². The third-order valence-electron chi connectivity index (χ3n) is 10.7. The lowest BCUT2D eigenvalue weighted by Crippen LogP contribution is -2.53. The van der Waals surface area contributed by atoms with Crippen molar-refractivity contribution >= 4 is 37.2 Å². The first-order valence-electron chi connectivity index (χ1n) is 19.6.